The number of H-pyrrole nitrogens is 1. The Kier molecular flexibility index (Phi) is 4.77. The van der Waals surface area contributed by atoms with Crippen molar-refractivity contribution in [2.75, 3.05) is 13.2 Å². The highest BCUT2D eigenvalue weighted by atomic mass is 16.5. The Hall–Kier alpha value is -3.86. The first-order valence-electron chi connectivity index (χ1n) is 9.99. The van der Waals surface area contributed by atoms with Gasteiger partial charge in [0, 0.05) is 35.8 Å². The molecule has 0 unspecified atom stereocenters. The molecule has 4 aromatic rings. The average Bonchev–Trinajstić information content (AvgIpc) is 3.34. The van der Waals surface area contributed by atoms with Gasteiger partial charge in [0.15, 0.2) is 0 Å². The number of carbonyl (C=O) groups excluding carboxylic acids is 1. The van der Waals surface area contributed by atoms with Crippen molar-refractivity contribution < 1.29 is 9.53 Å². The predicted molar refractivity (Wildman–Crippen MR) is 118 cm³/mol. The molecule has 2 aromatic heterocycles. The lowest BCUT2D eigenvalue weighted by Gasteiger charge is -2.14. The fourth-order valence-electron chi connectivity index (χ4n) is 4.09. The number of fused-ring (bicyclic) bond motifs is 4. The van der Waals surface area contributed by atoms with E-state index in [2.05, 4.69) is 39.6 Å². The molecular weight excluding hydrogens is 374 g/mol. The second-order valence-electron chi connectivity index (χ2n) is 7.25. The van der Waals surface area contributed by atoms with Crippen molar-refractivity contribution in [3.8, 4) is 11.1 Å². The monoisotopic (exact) mass is 395 g/mol. The van der Waals surface area contributed by atoms with Crippen molar-refractivity contribution in [3.05, 3.63) is 95.8 Å². The van der Waals surface area contributed by atoms with Gasteiger partial charge < -0.3 is 15.0 Å². The molecule has 0 spiro atoms. The molecule has 5 rings (SSSR count). The number of pyridine rings is 1. The quantitative estimate of drug-likeness (QED) is 0.493. The molecule has 2 heterocycles. The fraction of sp³-hybridized carbons (Fsp3) is 0.120. The van der Waals surface area contributed by atoms with Crippen molar-refractivity contribution in [1.29, 1.82) is 0 Å². The zero-order chi connectivity index (χ0) is 20.3. The molecule has 0 saturated heterocycles. The summed E-state index contributed by atoms with van der Waals surface area (Å²) in [6, 6.07) is 20.5. The molecule has 1 amide bonds. The van der Waals surface area contributed by atoms with Gasteiger partial charge in [0.2, 0.25) is 0 Å². The Morgan fingerprint density at radius 2 is 1.77 bits per heavy atom. The summed E-state index contributed by atoms with van der Waals surface area (Å²) < 4.78 is 5.55. The van der Waals surface area contributed by atoms with Crippen molar-refractivity contribution in [2.45, 2.75) is 5.92 Å². The van der Waals surface area contributed by atoms with Crippen molar-refractivity contribution in [1.82, 2.24) is 15.3 Å². The molecule has 1 aliphatic rings. The van der Waals surface area contributed by atoms with Crippen LogP contribution in [0.1, 0.15) is 22.6 Å². The molecule has 0 bridgehead atoms. The molecule has 148 valence electrons. The van der Waals surface area contributed by atoms with E-state index < -0.39 is 6.09 Å². The van der Waals surface area contributed by atoms with E-state index in [0.29, 0.717) is 13.2 Å². The van der Waals surface area contributed by atoms with E-state index in [1.54, 1.807) is 6.20 Å². The molecule has 30 heavy (non-hydrogen) atoms. The van der Waals surface area contributed by atoms with Crippen LogP contribution >= 0.6 is 0 Å². The van der Waals surface area contributed by atoms with Crippen LogP contribution in [0.15, 0.2) is 79.1 Å². The van der Waals surface area contributed by atoms with Crippen LogP contribution in [0.4, 0.5) is 4.79 Å². The topological polar surface area (TPSA) is 67.0 Å². The van der Waals surface area contributed by atoms with Crippen molar-refractivity contribution in [2.24, 2.45) is 0 Å². The first-order chi connectivity index (χ1) is 14.8. The van der Waals surface area contributed by atoms with E-state index >= 15 is 0 Å². The Bertz CT molecular complexity index is 1200. The number of amides is 1. The summed E-state index contributed by atoms with van der Waals surface area (Å²) in [4.78, 5) is 19.6. The highest BCUT2D eigenvalue weighted by Gasteiger charge is 2.28. The molecule has 0 saturated carbocycles. The van der Waals surface area contributed by atoms with Crippen LogP contribution in [0.5, 0.6) is 0 Å². The number of nitrogens with zero attached hydrogens (tertiary/aromatic N) is 1. The second-order valence-corrected chi connectivity index (χ2v) is 7.25. The summed E-state index contributed by atoms with van der Waals surface area (Å²) in [7, 11) is 0. The number of ether oxygens (including phenoxy) is 1. The van der Waals surface area contributed by atoms with Gasteiger partial charge in [-0.05, 0) is 34.4 Å². The molecule has 1 aliphatic carbocycles. The number of aromatic nitrogens is 2. The maximum absolute atomic E-state index is 12.2. The van der Waals surface area contributed by atoms with Gasteiger partial charge in [-0.3, -0.25) is 0 Å². The minimum absolute atomic E-state index is 0.0670. The lowest BCUT2D eigenvalue weighted by Crippen LogP contribution is -2.26. The highest BCUT2D eigenvalue weighted by molar-refractivity contribution is 5.86. The Morgan fingerprint density at radius 3 is 2.53 bits per heavy atom. The lowest BCUT2D eigenvalue weighted by atomic mass is 9.98. The number of alkyl carbamates (subject to hydrolysis) is 1. The third-order valence-corrected chi connectivity index (χ3v) is 5.49. The summed E-state index contributed by atoms with van der Waals surface area (Å²) >= 11 is 0. The Labute approximate surface area is 174 Å². The van der Waals surface area contributed by atoms with Gasteiger partial charge in [-0.1, -0.05) is 60.7 Å². The van der Waals surface area contributed by atoms with E-state index in [4.69, 9.17) is 4.74 Å². The molecule has 2 N–H and O–H groups in total. The third kappa shape index (κ3) is 3.35. The van der Waals surface area contributed by atoms with Crippen LogP contribution in [0.25, 0.3) is 28.2 Å². The normalized spacial score (nSPS) is 12.8. The van der Waals surface area contributed by atoms with Gasteiger partial charge in [-0.15, -0.1) is 0 Å². The van der Waals surface area contributed by atoms with Gasteiger partial charge in [-0.25, -0.2) is 9.78 Å². The molecule has 0 fully saturated rings. The van der Waals surface area contributed by atoms with E-state index in [1.807, 2.05) is 54.7 Å². The van der Waals surface area contributed by atoms with E-state index in [1.165, 1.54) is 22.3 Å². The lowest BCUT2D eigenvalue weighted by molar-refractivity contribution is 0.144. The maximum Gasteiger partial charge on any atom is 0.407 e. The second kappa shape index (κ2) is 7.87. The summed E-state index contributed by atoms with van der Waals surface area (Å²) in [5.74, 6) is 0.0670. The Balaban J connectivity index is 1.19. The maximum atomic E-state index is 12.2. The third-order valence-electron chi connectivity index (χ3n) is 5.49. The average molecular weight is 395 g/mol. The van der Waals surface area contributed by atoms with Crippen LogP contribution in [-0.4, -0.2) is 29.2 Å². The van der Waals surface area contributed by atoms with Gasteiger partial charge in [0.05, 0.1) is 0 Å². The number of aromatic amines is 1. The zero-order valence-corrected chi connectivity index (χ0v) is 16.3. The first-order valence-corrected chi connectivity index (χ1v) is 9.99. The zero-order valence-electron chi connectivity index (χ0n) is 16.3. The molecule has 0 atom stereocenters. The molecule has 5 heteroatoms. The van der Waals surface area contributed by atoms with Crippen LogP contribution in [0, 0.1) is 0 Å². The fourth-order valence-corrected chi connectivity index (χ4v) is 4.09. The number of rotatable bonds is 5. The minimum Gasteiger partial charge on any atom is -0.449 e. The summed E-state index contributed by atoms with van der Waals surface area (Å²) in [5.41, 5.74) is 6.74. The van der Waals surface area contributed by atoms with E-state index in [0.717, 1.165) is 16.6 Å². The molecular formula is C25H21N3O2. The Morgan fingerprint density at radius 1 is 1.03 bits per heavy atom. The largest absolute Gasteiger partial charge is 0.449 e. The minimum atomic E-state index is -0.415. The summed E-state index contributed by atoms with van der Waals surface area (Å²) in [6.45, 7) is 0.710. The van der Waals surface area contributed by atoms with E-state index in [9.17, 15) is 4.79 Å². The number of carbonyl (C=O) groups is 1. The van der Waals surface area contributed by atoms with Gasteiger partial charge >= 0.3 is 6.09 Å². The highest BCUT2D eigenvalue weighted by Crippen LogP contribution is 2.44. The summed E-state index contributed by atoms with van der Waals surface area (Å²) in [5, 5.41) is 3.84. The number of benzene rings is 2. The molecule has 5 nitrogen and oxygen atoms in total. The van der Waals surface area contributed by atoms with Gasteiger partial charge in [0.25, 0.3) is 0 Å². The molecule has 2 aromatic carbocycles. The smallest absolute Gasteiger partial charge is 0.407 e. The predicted octanol–water partition coefficient (Wildman–Crippen LogP) is 5.11. The SMILES string of the molecule is O=C(NCC=Cc1c[nH]c2ncccc12)OCC1c2ccccc2-c2ccccc21. The van der Waals surface area contributed by atoms with Gasteiger partial charge in [-0.2, -0.15) is 0 Å². The van der Waals surface area contributed by atoms with Crippen LogP contribution in [0.3, 0.4) is 0 Å². The molecule has 0 aliphatic heterocycles. The molecule has 0 radical (unpaired) electrons. The summed E-state index contributed by atoms with van der Waals surface area (Å²) in [6.07, 6.45) is 7.11. The number of nitrogens with one attached hydrogen (secondary N) is 2. The first kappa shape index (κ1) is 18.2. The van der Waals surface area contributed by atoms with Crippen molar-refractivity contribution >= 4 is 23.2 Å². The van der Waals surface area contributed by atoms with E-state index in [-0.39, 0.29) is 5.92 Å². The standard InChI is InChI=1S/C25H21N3O2/c29-25(27-14-5-7-17-15-28-24-18(17)12-6-13-26-24)30-16-23-21-10-3-1-8-19(21)20-9-2-4-11-22(20)23/h1-13,15,23H,14,16H2,(H,26,28)(H,27,29). The number of hydrogen-bond donors (Lipinski definition) is 2. The van der Waals surface area contributed by atoms with Crippen molar-refractivity contribution in [3.63, 3.8) is 0 Å². The van der Waals surface area contributed by atoms with Crippen LogP contribution in [-0.2, 0) is 4.74 Å². The number of hydrogen-bond acceptors (Lipinski definition) is 3. The van der Waals surface area contributed by atoms with Crippen LogP contribution < -0.4 is 5.32 Å². The van der Waals surface area contributed by atoms with Gasteiger partial charge in [0.1, 0.15) is 12.3 Å². The van der Waals surface area contributed by atoms with Crippen LogP contribution in [0.2, 0.25) is 0 Å².